The average Bonchev–Trinajstić information content (AvgIpc) is 2.47. The van der Waals surface area contributed by atoms with Crippen LogP contribution in [0.15, 0.2) is 48.5 Å². The molecule has 96 valence electrons. The third-order valence-corrected chi connectivity index (χ3v) is 7.30. The molecule has 1 spiro atoms. The molecule has 0 saturated heterocycles. The second-order valence-electron chi connectivity index (χ2n) is 5.33. The molecule has 2 aliphatic heterocycles. The molecule has 0 unspecified atom stereocenters. The summed E-state index contributed by atoms with van der Waals surface area (Å²) in [7, 11) is -2.07. The molecule has 0 N–H and O–H groups in total. The van der Waals surface area contributed by atoms with Gasteiger partial charge in [-0.05, 0) is 36.1 Å². The summed E-state index contributed by atoms with van der Waals surface area (Å²) in [6.45, 7) is 0. The van der Waals surface area contributed by atoms with Crippen LogP contribution in [0, 0.1) is 0 Å². The number of aryl methyl sites for hydroxylation is 2. The fraction of sp³-hybridized carbons (Fsp3) is 0.250. The van der Waals surface area contributed by atoms with Crippen LogP contribution in [0.4, 0.5) is 0 Å². The van der Waals surface area contributed by atoms with Gasteiger partial charge in [-0.3, -0.25) is 0 Å². The molecule has 19 heavy (non-hydrogen) atoms. The second-order valence-corrected chi connectivity index (χ2v) is 8.56. The molecule has 0 atom stereocenters. The maximum absolute atomic E-state index is 6.33. The van der Waals surface area contributed by atoms with E-state index in [0.717, 1.165) is 36.4 Å². The van der Waals surface area contributed by atoms with Gasteiger partial charge < -0.3 is 8.85 Å². The predicted octanol–water partition coefficient (Wildman–Crippen LogP) is 3.70. The first-order valence-electron chi connectivity index (χ1n) is 6.89. The number of hydrogen-bond acceptors (Lipinski definition) is 2. The SMILES string of the molecule is c1ccc2c(c1)CC[Si]1(CCc3ccccc3O1)O2. The van der Waals surface area contributed by atoms with Crippen molar-refractivity contribution in [3.63, 3.8) is 0 Å². The molecule has 0 radical (unpaired) electrons. The highest BCUT2D eigenvalue weighted by molar-refractivity contribution is 6.69. The molecular weight excluding hydrogens is 252 g/mol. The van der Waals surface area contributed by atoms with Gasteiger partial charge in [-0.15, -0.1) is 0 Å². The summed E-state index contributed by atoms with van der Waals surface area (Å²) < 4.78 is 12.7. The zero-order valence-corrected chi connectivity index (χ0v) is 11.8. The van der Waals surface area contributed by atoms with Gasteiger partial charge in [-0.25, -0.2) is 0 Å². The summed E-state index contributed by atoms with van der Waals surface area (Å²) in [5.41, 5.74) is 2.64. The molecule has 2 aromatic rings. The highest BCUT2D eigenvalue weighted by Gasteiger charge is 2.47. The standard InChI is InChI=1S/C16H16O2Si/c1-3-7-15-13(5-1)9-11-19(17-15)12-10-14-6-2-4-8-16(14)18-19/h1-8H,9-12H2. The largest absolute Gasteiger partial charge is 0.512 e. The summed E-state index contributed by atoms with van der Waals surface area (Å²) in [4.78, 5) is 0. The maximum Gasteiger partial charge on any atom is 0.461 e. The molecule has 0 fully saturated rings. The number of para-hydroxylation sites is 2. The van der Waals surface area contributed by atoms with Gasteiger partial charge >= 0.3 is 8.56 Å². The molecule has 3 heteroatoms. The fourth-order valence-corrected chi connectivity index (χ4v) is 6.22. The van der Waals surface area contributed by atoms with Crippen LogP contribution >= 0.6 is 0 Å². The summed E-state index contributed by atoms with van der Waals surface area (Å²) >= 11 is 0. The first kappa shape index (κ1) is 11.1. The summed E-state index contributed by atoms with van der Waals surface area (Å²) in [6.07, 6.45) is 2.18. The lowest BCUT2D eigenvalue weighted by atomic mass is 10.1. The van der Waals surface area contributed by atoms with Gasteiger partial charge in [-0.1, -0.05) is 36.4 Å². The van der Waals surface area contributed by atoms with E-state index in [4.69, 9.17) is 8.85 Å². The average molecular weight is 268 g/mol. The lowest BCUT2D eigenvalue weighted by Crippen LogP contribution is -2.52. The minimum Gasteiger partial charge on any atom is -0.512 e. The van der Waals surface area contributed by atoms with Gasteiger partial charge in [0.25, 0.3) is 0 Å². The lowest BCUT2D eigenvalue weighted by molar-refractivity contribution is 0.351. The molecule has 0 aromatic heterocycles. The van der Waals surface area contributed by atoms with Crippen molar-refractivity contribution in [1.82, 2.24) is 0 Å². The third-order valence-electron chi connectivity index (χ3n) is 4.09. The zero-order chi connectivity index (χ0) is 12.7. The highest BCUT2D eigenvalue weighted by atomic mass is 28.4. The summed E-state index contributed by atoms with van der Waals surface area (Å²) in [6, 6.07) is 18.9. The van der Waals surface area contributed by atoms with Gasteiger partial charge in [0, 0.05) is 12.1 Å². The Bertz CT molecular complexity index is 568. The first-order chi connectivity index (χ1) is 9.35. The van der Waals surface area contributed by atoms with Crippen LogP contribution in [0.25, 0.3) is 0 Å². The van der Waals surface area contributed by atoms with Crippen LogP contribution < -0.4 is 8.85 Å². The smallest absolute Gasteiger partial charge is 0.461 e. The van der Waals surface area contributed by atoms with Gasteiger partial charge in [-0.2, -0.15) is 0 Å². The van der Waals surface area contributed by atoms with Gasteiger partial charge in [0.1, 0.15) is 11.5 Å². The maximum atomic E-state index is 6.33. The van der Waals surface area contributed by atoms with E-state index in [2.05, 4.69) is 36.4 Å². The molecule has 4 rings (SSSR count). The van der Waals surface area contributed by atoms with Crippen molar-refractivity contribution in [2.24, 2.45) is 0 Å². The van der Waals surface area contributed by atoms with E-state index >= 15 is 0 Å². The molecule has 0 saturated carbocycles. The number of fused-ring (bicyclic) bond motifs is 2. The van der Waals surface area contributed by atoms with E-state index in [0.29, 0.717) is 0 Å². The van der Waals surface area contributed by atoms with E-state index in [1.54, 1.807) is 0 Å². The highest BCUT2D eigenvalue weighted by Crippen LogP contribution is 2.39. The molecular formula is C16H16O2Si. The van der Waals surface area contributed by atoms with Crippen LogP contribution in [0.2, 0.25) is 12.1 Å². The van der Waals surface area contributed by atoms with E-state index in [9.17, 15) is 0 Å². The molecule has 0 aliphatic carbocycles. The van der Waals surface area contributed by atoms with E-state index in [1.165, 1.54) is 11.1 Å². The molecule has 2 aromatic carbocycles. The number of rotatable bonds is 0. The quantitative estimate of drug-likeness (QED) is 0.678. The first-order valence-corrected chi connectivity index (χ1v) is 9.12. The molecule has 0 bridgehead atoms. The van der Waals surface area contributed by atoms with Crippen LogP contribution in [-0.4, -0.2) is 8.56 Å². The van der Waals surface area contributed by atoms with Crippen molar-refractivity contribution in [3.8, 4) is 11.5 Å². The Morgan fingerprint density at radius 3 is 1.68 bits per heavy atom. The van der Waals surface area contributed by atoms with Crippen LogP contribution in [-0.2, 0) is 12.8 Å². The van der Waals surface area contributed by atoms with Crippen molar-refractivity contribution in [1.29, 1.82) is 0 Å². The summed E-state index contributed by atoms with van der Waals surface area (Å²) in [5, 5.41) is 0. The van der Waals surface area contributed by atoms with Crippen molar-refractivity contribution in [3.05, 3.63) is 59.7 Å². The van der Waals surface area contributed by atoms with Gasteiger partial charge in [0.05, 0.1) is 0 Å². The minimum absolute atomic E-state index is 1.04. The Morgan fingerprint density at radius 1 is 0.684 bits per heavy atom. The second kappa shape index (κ2) is 4.13. The Morgan fingerprint density at radius 2 is 1.16 bits per heavy atom. The van der Waals surface area contributed by atoms with E-state index in [-0.39, 0.29) is 0 Å². The zero-order valence-electron chi connectivity index (χ0n) is 10.8. The van der Waals surface area contributed by atoms with E-state index < -0.39 is 8.56 Å². The van der Waals surface area contributed by atoms with Crippen molar-refractivity contribution >= 4 is 8.56 Å². The lowest BCUT2D eigenvalue weighted by Gasteiger charge is -2.39. The Balaban J connectivity index is 1.68. The Labute approximate surface area is 114 Å². The van der Waals surface area contributed by atoms with Crippen molar-refractivity contribution < 1.29 is 8.85 Å². The molecule has 0 amide bonds. The van der Waals surface area contributed by atoms with Crippen LogP contribution in [0.1, 0.15) is 11.1 Å². The molecule has 2 aliphatic rings. The van der Waals surface area contributed by atoms with E-state index in [1.807, 2.05) is 12.1 Å². The fourth-order valence-electron chi connectivity index (χ4n) is 3.02. The van der Waals surface area contributed by atoms with Crippen molar-refractivity contribution in [2.75, 3.05) is 0 Å². The number of benzene rings is 2. The Hall–Kier alpha value is -1.74. The van der Waals surface area contributed by atoms with Crippen LogP contribution in [0.5, 0.6) is 11.5 Å². The molecule has 2 heterocycles. The number of hydrogen-bond donors (Lipinski definition) is 0. The summed E-state index contributed by atoms with van der Waals surface area (Å²) in [5.74, 6) is 2.08. The van der Waals surface area contributed by atoms with Crippen molar-refractivity contribution in [2.45, 2.75) is 24.9 Å². The predicted molar refractivity (Wildman–Crippen MR) is 76.9 cm³/mol. The normalized spacial score (nSPS) is 18.9. The topological polar surface area (TPSA) is 18.5 Å². The monoisotopic (exact) mass is 268 g/mol. The third kappa shape index (κ3) is 1.85. The van der Waals surface area contributed by atoms with Gasteiger partial charge in [0.2, 0.25) is 0 Å². The molecule has 2 nitrogen and oxygen atoms in total. The Kier molecular flexibility index (Phi) is 2.42. The van der Waals surface area contributed by atoms with Gasteiger partial charge in [0.15, 0.2) is 0 Å². The van der Waals surface area contributed by atoms with Crippen LogP contribution in [0.3, 0.4) is 0 Å². The minimum atomic E-state index is -2.07.